The van der Waals surface area contributed by atoms with Gasteiger partial charge in [-0.05, 0) is 64.2 Å². The first-order chi connectivity index (χ1) is 24.5. The van der Waals surface area contributed by atoms with Gasteiger partial charge in [0.2, 0.25) is 11.8 Å². The van der Waals surface area contributed by atoms with Crippen molar-refractivity contribution < 1.29 is 14.1 Å². The van der Waals surface area contributed by atoms with Crippen LogP contribution in [0.4, 0.5) is 0 Å². The molecule has 0 saturated heterocycles. The third kappa shape index (κ3) is 36.5. The number of hydrogen-bond donors (Lipinski definition) is 2. The smallest absolute Gasteiger partial charge is 0.219 e. The van der Waals surface area contributed by atoms with Crippen molar-refractivity contribution in [2.24, 2.45) is 0 Å². The maximum Gasteiger partial charge on any atom is 0.219 e. The van der Waals surface area contributed by atoms with Crippen molar-refractivity contribution in [3.05, 3.63) is 24.3 Å². The summed E-state index contributed by atoms with van der Waals surface area (Å²) >= 11 is 6.34. The minimum atomic E-state index is 0.177. The lowest BCUT2D eigenvalue weighted by Gasteiger charge is -2.32. The zero-order chi connectivity index (χ0) is 36.6. The van der Waals surface area contributed by atoms with Gasteiger partial charge in [-0.25, -0.2) is 0 Å². The molecule has 0 aromatic carbocycles. The van der Waals surface area contributed by atoms with E-state index in [9.17, 15) is 9.59 Å². The zero-order valence-corrected chi connectivity index (χ0v) is 34.5. The van der Waals surface area contributed by atoms with Crippen molar-refractivity contribution in [2.45, 2.75) is 206 Å². The van der Waals surface area contributed by atoms with Gasteiger partial charge in [0.25, 0.3) is 0 Å². The molecule has 0 aliphatic rings. The van der Waals surface area contributed by atoms with E-state index in [1.807, 2.05) is 0 Å². The highest BCUT2D eigenvalue weighted by Gasteiger charge is 2.19. The van der Waals surface area contributed by atoms with Crippen LogP contribution >= 0.6 is 11.6 Å². The Balaban J connectivity index is 3.62. The van der Waals surface area contributed by atoms with E-state index in [0.717, 1.165) is 56.1 Å². The van der Waals surface area contributed by atoms with Gasteiger partial charge in [0, 0.05) is 38.8 Å². The van der Waals surface area contributed by atoms with Crippen LogP contribution in [-0.2, 0) is 9.59 Å². The molecule has 0 aliphatic heterocycles. The largest absolute Gasteiger partial charge is 0.356 e. The molecule has 0 aliphatic carbocycles. The second kappa shape index (κ2) is 38.9. The lowest BCUT2D eigenvalue weighted by atomic mass is 10.1. The molecule has 0 rings (SSSR count). The number of quaternary nitrogens is 1. The van der Waals surface area contributed by atoms with Gasteiger partial charge in [-0.15, -0.1) is 0 Å². The van der Waals surface area contributed by atoms with Gasteiger partial charge in [-0.2, -0.15) is 0 Å². The summed E-state index contributed by atoms with van der Waals surface area (Å²) in [6, 6.07) is 0.547. The first kappa shape index (κ1) is 48.7. The predicted octanol–water partition coefficient (Wildman–Crippen LogP) is 12.7. The van der Waals surface area contributed by atoms with E-state index in [0.29, 0.717) is 31.9 Å². The maximum absolute atomic E-state index is 12.3. The van der Waals surface area contributed by atoms with E-state index in [2.05, 4.69) is 55.8 Å². The maximum atomic E-state index is 12.3. The second-order valence-electron chi connectivity index (χ2n) is 15.3. The Bertz CT molecular complexity index is 740. The molecule has 294 valence electrons. The van der Waals surface area contributed by atoms with Crippen LogP contribution in [0.3, 0.4) is 0 Å². The molecule has 0 bridgehead atoms. The van der Waals surface area contributed by atoms with Gasteiger partial charge in [0.05, 0.1) is 20.1 Å². The highest BCUT2D eigenvalue weighted by Crippen LogP contribution is 2.12. The van der Waals surface area contributed by atoms with Crippen LogP contribution < -0.4 is 10.6 Å². The SMILES string of the molecule is CCCCCCCCC=CCCCCCCCC(=O)NCCC[N+](C)(CCl)CCCNC(=O)CCCCCCCC=CCCCCCCCC. The molecule has 2 N–H and O–H groups in total. The van der Waals surface area contributed by atoms with Gasteiger partial charge < -0.3 is 15.1 Å². The zero-order valence-electron chi connectivity index (χ0n) is 33.7. The standard InChI is InChI=1S/C44H84ClN3O2/c1-4-6-8-10-12-14-16-18-20-22-24-26-28-30-32-36-43(49)46-38-34-40-48(3,42-45)41-35-39-47-44(50)37-33-31-29-27-25-23-21-19-17-15-13-11-9-7-5-2/h18-21H,4-17,22-42H2,1-3H3,(H-,46,47,49,50)/p+1. The number of hydrogen-bond acceptors (Lipinski definition) is 2. The molecule has 0 fully saturated rings. The predicted molar refractivity (Wildman–Crippen MR) is 221 cm³/mol. The summed E-state index contributed by atoms with van der Waals surface area (Å²) < 4.78 is 0.760. The monoisotopic (exact) mass is 723 g/mol. The van der Waals surface area contributed by atoms with Crippen LogP contribution in [0.5, 0.6) is 0 Å². The van der Waals surface area contributed by atoms with Gasteiger partial charge >= 0.3 is 0 Å². The Morgan fingerprint density at radius 2 is 0.760 bits per heavy atom. The fraction of sp³-hybridized carbons (Fsp3) is 0.864. The van der Waals surface area contributed by atoms with E-state index >= 15 is 0 Å². The molecule has 0 atom stereocenters. The first-order valence-electron chi connectivity index (χ1n) is 21.7. The Morgan fingerprint density at radius 3 is 1.08 bits per heavy atom. The van der Waals surface area contributed by atoms with Crippen molar-refractivity contribution in [2.75, 3.05) is 39.2 Å². The van der Waals surface area contributed by atoms with Gasteiger partial charge in [-0.1, -0.05) is 152 Å². The summed E-state index contributed by atoms with van der Waals surface area (Å²) in [6.07, 6.45) is 45.7. The normalized spacial score (nSPS) is 13.0. The lowest BCUT2D eigenvalue weighted by Crippen LogP contribution is -2.46. The quantitative estimate of drug-likeness (QED) is 0.0218. The molecular weight excluding hydrogens is 638 g/mol. The number of alkyl halides is 1. The summed E-state index contributed by atoms with van der Waals surface area (Å²) in [4.78, 5) is 24.5. The number of rotatable bonds is 39. The molecule has 0 heterocycles. The van der Waals surface area contributed by atoms with Crippen molar-refractivity contribution in [3.8, 4) is 0 Å². The molecule has 0 unspecified atom stereocenters. The molecule has 50 heavy (non-hydrogen) atoms. The molecule has 0 aromatic heterocycles. The van der Waals surface area contributed by atoms with Gasteiger partial charge in [-0.3, -0.25) is 9.59 Å². The van der Waals surface area contributed by atoms with Crippen LogP contribution in [0, 0.1) is 0 Å². The molecule has 6 heteroatoms. The lowest BCUT2D eigenvalue weighted by molar-refractivity contribution is -0.899. The summed E-state index contributed by atoms with van der Waals surface area (Å²) in [5.41, 5.74) is 0. The first-order valence-corrected chi connectivity index (χ1v) is 22.2. The highest BCUT2D eigenvalue weighted by molar-refractivity contribution is 6.16. The Hall–Kier alpha value is -1.33. The number of amides is 2. The summed E-state index contributed by atoms with van der Waals surface area (Å²) in [7, 11) is 2.17. The number of carbonyl (C=O) groups excluding carboxylic acids is 2. The minimum absolute atomic E-state index is 0.177. The van der Waals surface area contributed by atoms with E-state index in [1.54, 1.807) is 0 Å². The summed E-state index contributed by atoms with van der Waals surface area (Å²) in [6.45, 7) is 7.82. The molecule has 0 aromatic rings. The fourth-order valence-corrected chi connectivity index (χ4v) is 6.74. The van der Waals surface area contributed by atoms with Crippen molar-refractivity contribution in [1.29, 1.82) is 0 Å². The van der Waals surface area contributed by atoms with Crippen LogP contribution in [0.2, 0.25) is 0 Å². The number of unbranched alkanes of at least 4 members (excludes halogenated alkanes) is 22. The van der Waals surface area contributed by atoms with Crippen LogP contribution in [-0.4, -0.2) is 55.5 Å². The van der Waals surface area contributed by atoms with E-state index in [4.69, 9.17) is 11.6 Å². The highest BCUT2D eigenvalue weighted by atomic mass is 35.5. The third-order valence-electron chi connectivity index (χ3n) is 10.0. The van der Waals surface area contributed by atoms with E-state index in [1.165, 1.54) is 141 Å². The number of allylic oxidation sites excluding steroid dienone is 4. The average Bonchev–Trinajstić information content (AvgIpc) is 3.12. The molecular formula is C44H85ClN3O2+. The average molecular weight is 724 g/mol. The second-order valence-corrected chi connectivity index (χ2v) is 15.5. The van der Waals surface area contributed by atoms with E-state index in [-0.39, 0.29) is 11.8 Å². The van der Waals surface area contributed by atoms with E-state index < -0.39 is 0 Å². The molecule has 0 spiro atoms. The number of carbonyl (C=O) groups is 2. The Labute approximate surface area is 317 Å². The topological polar surface area (TPSA) is 58.2 Å². The van der Waals surface area contributed by atoms with Crippen molar-refractivity contribution in [1.82, 2.24) is 10.6 Å². The van der Waals surface area contributed by atoms with Crippen LogP contribution in [0.1, 0.15) is 206 Å². The Morgan fingerprint density at radius 1 is 0.460 bits per heavy atom. The van der Waals surface area contributed by atoms with Gasteiger partial charge in [0.15, 0.2) is 6.00 Å². The number of halogens is 1. The molecule has 0 saturated carbocycles. The van der Waals surface area contributed by atoms with Crippen LogP contribution in [0.25, 0.3) is 0 Å². The summed E-state index contributed by atoms with van der Waals surface area (Å²) in [5.74, 6) is 0.355. The Kier molecular flexibility index (Phi) is 37.9. The third-order valence-corrected chi connectivity index (χ3v) is 10.6. The molecule has 5 nitrogen and oxygen atoms in total. The summed E-state index contributed by atoms with van der Waals surface area (Å²) in [5, 5.41) is 6.21. The van der Waals surface area contributed by atoms with Crippen molar-refractivity contribution in [3.63, 3.8) is 0 Å². The van der Waals surface area contributed by atoms with Crippen molar-refractivity contribution >= 4 is 23.4 Å². The minimum Gasteiger partial charge on any atom is -0.356 e. The number of nitrogens with one attached hydrogen (secondary N) is 2. The van der Waals surface area contributed by atoms with Gasteiger partial charge in [0.1, 0.15) is 0 Å². The fourth-order valence-electron chi connectivity index (χ4n) is 6.50. The molecule has 0 radical (unpaired) electrons. The molecule has 2 amide bonds. The van der Waals surface area contributed by atoms with Crippen LogP contribution in [0.15, 0.2) is 24.3 Å². The number of nitrogens with zero attached hydrogens (tertiary/aromatic N) is 1.